The van der Waals surface area contributed by atoms with Crippen LogP contribution in [0.2, 0.25) is 0 Å². The molecule has 9 heavy (non-hydrogen) atoms. The first kappa shape index (κ1) is 10.2. The van der Waals surface area contributed by atoms with Crippen LogP contribution in [0.4, 0.5) is 0 Å². The van der Waals surface area contributed by atoms with Crippen molar-refractivity contribution in [2.75, 3.05) is 5.88 Å². The van der Waals surface area contributed by atoms with Crippen molar-refractivity contribution in [2.24, 2.45) is 0 Å². The van der Waals surface area contributed by atoms with Crippen molar-refractivity contribution in [3.63, 3.8) is 0 Å². The summed E-state index contributed by atoms with van der Waals surface area (Å²) in [6.45, 7) is 0. The zero-order valence-electron chi connectivity index (χ0n) is 4.71. The van der Waals surface area contributed by atoms with Gasteiger partial charge < -0.3 is 0 Å². The number of hydrogen-bond donors (Lipinski definition) is 0. The van der Waals surface area contributed by atoms with Gasteiger partial charge in [0.15, 0.2) is 3.79 Å². The predicted molar refractivity (Wildman–Crippen MR) is 44.5 cm³/mol. The Kier molecular flexibility index (Phi) is 5.53. The Morgan fingerprint density at radius 3 is 2.11 bits per heavy atom. The Morgan fingerprint density at radius 1 is 1.22 bits per heavy atom. The molecule has 0 aliphatic heterocycles. The summed E-state index contributed by atoms with van der Waals surface area (Å²) in [5.74, 6) is 0.584. The highest BCUT2D eigenvalue weighted by Gasteiger charge is 2.17. The van der Waals surface area contributed by atoms with Gasteiger partial charge in [-0.2, -0.15) is 0 Å². The molecule has 1 radical (unpaired) electrons. The summed E-state index contributed by atoms with van der Waals surface area (Å²) in [7, 11) is 0. The van der Waals surface area contributed by atoms with E-state index in [0.29, 0.717) is 12.3 Å². The Hall–Kier alpha value is 1.16. The molecule has 0 saturated carbocycles. The lowest BCUT2D eigenvalue weighted by Gasteiger charge is -2.07. The molecule has 0 spiro atoms. The Labute approximate surface area is 75.4 Å². The maximum Gasteiger partial charge on any atom is 0.190 e. The number of alkyl halides is 4. The van der Waals surface area contributed by atoms with Crippen molar-refractivity contribution in [2.45, 2.75) is 16.6 Å². The van der Waals surface area contributed by atoms with Crippen LogP contribution in [-0.2, 0) is 0 Å². The van der Waals surface area contributed by atoms with Gasteiger partial charge in [-0.1, -0.05) is 34.8 Å². The van der Waals surface area contributed by atoms with Gasteiger partial charge in [0, 0.05) is 5.88 Å². The molecule has 0 aliphatic carbocycles. The average Bonchev–Trinajstić information content (AvgIpc) is 1.63. The monoisotopic (exact) mass is 207 g/mol. The molecular weight excluding hydrogens is 202 g/mol. The van der Waals surface area contributed by atoms with Crippen LogP contribution in [0.1, 0.15) is 12.8 Å². The van der Waals surface area contributed by atoms with Crippen LogP contribution in [0.25, 0.3) is 0 Å². The van der Waals surface area contributed by atoms with Gasteiger partial charge >= 0.3 is 0 Å². The van der Waals surface area contributed by atoms with Gasteiger partial charge in [0.1, 0.15) is 0 Å². The lowest BCUT2D eigenvalue weighted by Crippen LogP contribution is -2.01. The van der Waals surface area contributed by atoms with Gasteiger partial charge in [-0.25, -0.2) is 0 Å². The highest BCUT2D eigenvalue weighted by Crippen LogP contribution is 2.31. The summed E-state index contributed by atoms with van der Waals surface area (Å²) in [5.41, 5.74) is 0. The lowest BCUT2D eigenvalue weighted by atomic mass is 10.3. The third kappa shape index (κ3) is 9.16. The normalized spacial score (nSPS) is 12.0. The molecule has 0 nitrogen and oxygen atoms in total. The number of hydrogen-bond acceptors (Lipinski definition) is 0. The zero-order valence-corrected chi connectivity index (χ0v) is 7.73. The summed E-state index contributed by atoms with van der Waals surface area (Å²) in [6.07, 6.45) is 3.11. The maximum absolute atomic E-state index is 5.43. The molecule has 0 aromatic rings. The fourth-order valence-corrected chi connectivity index (χ4v) is 0.825. The lowest BCUT2D eigenvalue weighted by molar-refractivity contribution is 0.914. The molecule has 55 valence electrons. The first-order chi connectivity index (χ1) is 4.06. The van der Waals surface area contributed by atoms with E-state index in [9.17, 15) is 0 Å². The van der Waals surface area contributed by atoms with Crippen molar-refractivity contribution >= 4 is 46.4 Å². The van der Waals surface area contributed by atoms with Crippen LogP contribution in [0, 0.1) is 6.42 Å². The molecule has 0 N–H and O–H groups in total. The molecule has 4 heteroatoms. The second-order valence-corrected chi connectivity index (χ2v) is 4.48. The second-order valence-electron chi connectivity index (χ2n) is 1.59. The van der Waals surface area contributed by atoms with Crippen LogP contribution in [0.5, 0.6) is 0 Å². The molecule has 0 atom stereocenters. The zero-order chi connectivity index (χ0) is 7.33. The SMILES string of the molecule is ClCC[CH]CC(Cl)(Cl)Cl. The van der Waals surface area contributed by atoms with E-state index in [4.69, 9.17) is 46.4 Å². The van der Waals surface area contributed by atoms with Crippen LogP contribution in [0.15, 0.2) is 0 Å². The third-order valence-electron chi connectivity index (χ3n) is 0.689. The fourth-order valence-electron chi connectivity index (χ4n) is 0.343. The Balaban J connectivity index is 3.07. The summed E-state index contributed by atoms with van der Waals surface area (Å²) >= 11 is 21.6. The molecule has 0 bridgehead atoms. The molecule has 0 rings (SSSR count). The first-order valence-corrected chi connectivity index (χ1v) is 4.17. The number of rotatable bonds is 3. The summed E-state index contributed by atoms with van der Waals surface area (Å²) in [6, 6.07) is 0. The molecule has 0 amide bonds. The van der Waals surface area contributed by atoms with Crippen LogP contribution < -0.4 is 0 Å². The van der Waals surface area contributed by atoms with Crippen LogP contribution >= 0.6 is 46.4 Å². The van der Waals surface area contributed by atoms with Gasteiger partial charge in [0.25, 0.3) is 0 Å². The van der Waals surface area contributed by atoms with Gasteiger partial charge in [-0.05, 0) is 19.3 Å². The molecule has 0 heterocycles. The Bertz CT molecular complexity index is 65.8. The number of halogens is 4. The highest BCUT2D eigenvalue weighted by atomic mass is 35.6. The molecule has 0 unspecified atom stereocenters. The van der Waals surface area contributed by atoms with Crippen molar-refractivity contribution in [3.8, 4) is 0 Å². The van der Waals surface area contributed by atoms with Crippen LogP contribution in [-0.4, -0.2) is 9.67 Å². The quantitative estimate of drug-likeness (QED) is 0.492. The minimum absolute atomic E-state index is 0.463. The third-order valence-corrected chi connectivity index (χ3v) is 1.37. The fraction of sp³-hybridized carbons (Fsp3) is 0.800. The van der Waals surface area contributed by atoms with E-state index in [0.717, 1.165) is 6.42 Å². The molecule has 0 aromatic carbocycles. The van der Waals surface area contributed by atoms with E-state index in [1.54, 1.807) is 0 Å². The van der Waals surface area contributed by atoms with Gasteiger partial charge in [0.05, 0.1) is 0 Å². The highest BCUT2D eigenvalue weighted by molar-refractivity contribution is 6.67. The molecule has 0 aromatic heterocycles. The Morgan fingerprint density at radius 2 is 1.78 bits per heavy atom. The molecule has 0 aliphatic rings. The molecule has 0 fully saturated rings. The molecule has 0 saturated heterocycles. The van der Waals surface area contributed by atoms with Crippen molar-refractivity contribution in [1.82, 2.24) is 0 Å². The van der Waals surface area contributed by atoms with E-state index < -0.39 is 3.79 Å². The van der Waals surface area contributed by atoms with E-state index in [1.807, 2.05) is 6.42 Å². The average molecular weight is 209 g/mol. The number of unbranched alkanes of at least 4 members (excludes halogenated alkanes) is 1. The first-order valence-electron chi connectivity index (χ1n) is 2.50. The minimum Gasteiger partial charge on any atom is -0.127 e. The maximum atomic E-state index is 5.43. The summed E-state index contributed by atoms with van der Waals surface area (Å²) < 4.78 is -1.15. The van der Waals surface area contributed by atoms with Gasteiger partial charge in [0.2, 0.25) is 0 Å². The van der Waals surface area contributed by atoms with E-state index in [-0.39, 0.29) is 0 Å². The minimum atomic E-state index is -1.15. The van der Waals surface area contributed by atoms with E-state index in [1.165, 1.54) is 0 Å². The predicted octanol–water partition coefficient (Wildman–Crippen LogP) is 3.58. The topological polar surface area (TPSA) is 0 Å². The van der Waals surface area contributed by atoms with E-state index in [2.05, 4.69) is 0 Å². The van der Waals surface area contributed by atoms with Crippen molar-refractivity contribution in [1.29, 1.82) is 0 Å². The summed E-state index contributed by atoms with van der Waals surface area (Å²) in [5, 5.41) is 0. The van der Waals surface area contributed by atoms with Crippen molar-refractivity contribution in [3.05, 3.63) is 6.42 Å². The molecular formula is C5H7Cl4. The van der Waals surface area contributed by atoms with Gasteiger partial charge in [-0.15, -0.1) is 11.6 Å². The smallest absolute Gasteiger partial charge is 0.127 e. The van der Waals surface area contributed by atoms with Crippen molar-refractivity contribution < 1.29 is 0 Å². The summed E-state index contributed by atoms with van der Waals surface area (Å²) in [4.78, 5) is 0. The largest absolute Gasteiger partial charge is 0.190 e. The standard InChI is InChI=1S/C5H7Cl4/c6-4-2-1-3-5(7,8)9/h1H,2-4H2. The van der Waals surface area contributed by atoms with Gasteiger partial charge in [-0.3, -0.25) is 0 Å². The van der Waals surface area contributed by atoms with Crippen LogP contribution in [0.3, 0.4) is 0 Å². The van der Waals surface area contributed by atoms with E-state index >= 15 is 0 Å². The second kappa shape index (κ2) is 4.90.